The van der Waals surface area contributed by atoms with Gasteiger partial charge in [0, 0.05) is 22.7 Å². The summed E-state index contributed by atoms with van der Waals surface area (Å²) in [6.07, 6.45) is 5.26. The van der Waals surface area contributed by atoms with Crippen LogP contribution in [-0.4, -0.2) is 34.2 Å². The van der Waals surface area contributed by atoms with E-state index in [1.165, 1.54) is 34.1 Å². The van der Waals surface area contributed by atoms with Gasteiger partial charge in [0.2, 0.25) is 11.8 Å². The van der Waals surface area contributed by atoms with Crippen molar-refractivity contribution >= 4 is 40.7 Å². The smallest absolute Gasteiger partial charge is 0.270 e. The van der Waals surface area contributed by atoms with E-state index < -0.39 is 10.8 Å². The summed E-state index contributed by atoms with van der Waals surface area (Å²) in [4.78, 5) is 54.0. The highest BCUT2D eigenvalue weighted by Crippen LogP contribution is 2.65. The molecule has 0 aromatic heterocycles. The number of hydrogen-bond acceptors (Lipinski definition) is 5. The molecule has 6 unspecified atom stereocenters. The fraction of sp³-hybridized carbons (Fsp3) is 0.346. The Morgan fingerprint density at radius 3 is 2.37 bits per heavy atom. The van der Waals surface area contributed by atoms with E-state index in [4.69, 9.17) is 11.6 Å². The number of nitro benzene ring substituents is 1. The van der Waals surface area contributed by atoms with Crippen LogP contribution in [-0.2, 0) is 9.59 Å². The van der Waals surface area contributed by atoms with Crippen molar-refractivity contribution in [3.8, 4) is 0 Å². The third-order valence-electron chi connectivity index (χ3n) is 8.05. The summed E-state index contributed by atoms with van der Waals surface area (Å²) in [6.45, 7) is 1.52. The number of rotatable bonds is 5. The zero-order chi connectivity index (χ0) is 24.6. The maximum Gasteiger partial charge on any atom is 0.270 e. The lowest BCUT2D eigenvalue weighted by atomic mass is 9.63. The highest BCUT2D eigenvalue weighted by molar-refractivity contribution is 6.31. The molecule has 2 aromatic rings. The molecule has 4 aliphatic carbocycles. The predicted octanol–water partition coefficient (Wildman–Crippen LogP) is 4.21. The van der Waals surface area contributed by atoms with Crippen molar-refractivity contribution in [1.82, 2.24) is 4.90 Å². The van der Waals surface area contributed by atoms with Crippen LogP contribution in [0.25, 0.3) is 0 Å². The second-order valence-electron chi connectivity index (χ2n) is 9.87. The van der Waals surface area contributed by atoms with Gasteiger partial charge in [-0.3, -0.25) is 34.3 Å². The van der Waals surface area contributed by atoms with Crippen molar-refractivity contribution in [2.75, 3.05) is 11.6 Å². The molecule has 2 bridgehead atoms. The van der Waals surface area contributed by atoms with E-state index in [0.29, 0.717) is 28.1 Å². The lowest BCUT2D eigenvalue weighted by Gasteiger charge is -2.37. The number of imide groups is 1. The van der Waals surface area contributed by atoms with E-state index in [9.17, 15) is 24.5 Å². The molecule has 9 heteroatoms. The Morgan fingerprint density at radius 1 is 1.09 bits per heavy atom. The fourth-order valence-electron chi connectivity index (χ4n) is 6.33. The number of amides is 3. The monoisotopic (exact) mass is 491 g/mol. The first-order valence-electron chi connectivity index (χ1n) is 11.6. The lowest BCUT2D eigenvalue weighted by Crippen LogP contribution is -2.45. The summed E-state index contributed by atoms with van der Waals surface area (Å²) < 4.78 is 0. The Morgan fingerprint density at radius 2 is 1.74 bits per heavy atom. The summed E-state index contributed by atoms with van der Waals surface area (Å²) in [6, 6.07) is 10.4. The van der Waals surface area contributed by atoms with Crippen LogP contribution >= 0.6 is 11.6 Å². The number of allylic oxidation sites excluding steroid dienone is 2. The van der Waals surface area contributed by atoms with Gasteiger partial charge in [0.1, 0.15) is 6.67 Å². The van der Waals surface area contributed by atoms with Crippen LogP contribution in [0.15, 0.2) is 54.6 Å². The average Bonchev–Trinajstić information content (AvgIpc) is 3.64. The molecule has 7 rings (SSSR count). The van der Waals surface area contributed by atoms with E-state index in [1.54, 1.807) is 25.1 Å². The number of aryl methyl sites for hydroxylation is 1. The largest absolute Gasteiger partial charge is 0.289 e. The van der Waals surface area contributed by atoms with Gasteiger partial charge >= 0.3 is 0 Å². The van der Waals surface area contributed by atoms with Crippen molar-refractivity contribution < 1.29 is 19.3 Å². The minimum Gasteiger partial charge on any atom is -0.289 e. The Labute approximate surface area is 206 Å². The molecule has 6 atom stereocenters. The quantitative estimate of drug-likeness (QED) is 0.270. The van der Waals surface area contributed by atoms with Crippen molar-refractivity contribution in [2.24, 2.45) is 35.5 Å². The zero-order valence-electron chi connectivity index (χ0n) is 18.8. The number of nitrogens with zero attached hydrogens (tertiary/aromatic N) is 3. The summed E-state index contributed by atoms with van der Waals surface area (Å²) in [5, 5.41) is 11.7. The number of non-ortho nitro benzene ring substituents is 1. The lowest BCUT2D eigenvalue weighted by molar-refractivity contribution is -0.384. The molecular formula is C26H22ClN3O5. The molecule has 2 aromatic carbocycles. The van der Waals surface area contributed by atoms with Gasteiger partial charge in [0.05, 0.1) is 22.4 Å². The number of halogens is 1. The predicted molar refractivity (Wildman–Crippen MR) is 128 cm³/mol. The second kappa shape index (κ2) is 7.75. The normalized spacial score (nSPS) is 29.7. The SMILES string of the molecule is Cc1ccc(Cl)cc1N(CN1C(=O)C2C3C=CC(C4CC34)C2C1=O)C(=O)c1cccc([N+](=O)[O-])c1. The average molecular weight is 492 g/mol. The molecule has 1 saturated heterocycles. The minimum atomic E-state index is -0.571. The molecular weight excluding hydrogens is 470 g/mol. The van der Waals surface area contributed by atoms with Gasteiger partial charge in [0.25, 0.3) is 11.6 Å². The number of benzene rings is 2. The summed E-state index contributed by atoms with van der Waals surface area (Å²) in [5.74, 6) is -0.717. The van der Waals surface area contributed by atoms with Gasteiger partial charge in [-0.1, -0.05) is 35.9 Å². The third-order valence-corrected chi connectivity index (χ3v) is 8.28. The Hall–Kier alpha value is -3.52. The van der Waals surface area contributed by atoms with Crippen LogP contribution in [0.3, 0.4) is 0 Å². The van der Waals surface area contributed by atoms with E-state index in [-0.39, 0.29) is 53.4 Å². The highest BCUT2D eigenvalue weighted by Gasteiger charge is 2.67. The molecule has 0 N–H and O–H groups in total. The number of carbonyl (C=O) groups is 3. The first kappa shape index (κ1) is 22.0. The van der Waals surface area contributed by atoms with E-state index >= 15 is 0 Å². The van der Waals surface area contributed by atoms with Crippen LogP contribution < -0.4 is 4.90 Å². The van der Waals surface area contributed by atoms with Crippen LogP contribution in [0, 0.1) is 52.5 Å². The highest BCUT2D eigenvalue weighted by atomic mass is 35.5. The molecule has 3 amide bonds. The Balaban J connectivity index is 1.38. The third kappa shape index (κ3) is 3.31. The summed E-state index contributed by atoms with van der Waals surface area (Å²) in [7, 11) is 0. The van der Waals surface area contributed by atoms with Crippen LogP contribution in [0.4, 0.5) is 11.4 Å². The molecule has 3 fully saturated rings. The van der Waals surface area contributed by atoms with Gasteiger partial charge in [-0.15, -0.1) is 0 Å². The van der Waals surface area contributed by atoms with E-state index in [2.05, 4.69) is 12.2 Å². The number of anilines is 1. The molecule has 5 aliphatic rings. The standard InChI is InChI=1S/C26H22ClN3O5/c1-13-5-6-15(27)10-21(13)28(24(31)14-3-2-4-16(9-14)30(34)35)12-29-25(32)22-17-7-8-18(20-11-19(17)20)23(22)26(29)33/h2-10,17-20,22-23H,11-12H2,1H3. The molecule has 1 aliphatic heterocycles. The number of nitro groups is 1. The van der Waals surface area contributed by atoms with Gasteiger partial charge in [-0.25, -0.2) is 0 Å². The van der Waals surface area contributed by atoms with Crippen molar-refractivity contribution in [3.63, 3.8) is 0 Å². The first-order chi connectivity index (χ1) is 16.8. The van der Waals surface area contributed by atoms with Gasteiger partial charge < -0.3 is 0 Å². The molecule has 0 spiro atoms. The summed E-state index contributed by atoms with van der Waals surface area (Å²) >= 11 is 6.24. The maximum atomic E-state index is 13.7. The molecule has 8 nitrogen and oxygen atoms in total. The number of carbonyl (C=O) groups excluding carboxylic acids is 3. The van der Waals surface area contributed by atoms with Crippen molar-refractivity contribution in [3.05, 3.63) is 80.9 Å². The zero-order valence-corrected chi connectivity index (χ0v) is 19.6. The minimum absolute atomic E-state index is 0.0743. The van der Waals surface area contributed by atoms with E-state index in [1.807, 2.05) is 0 Å². The Kier molecular flexibility index (Phi) is 4.86. The molecule has 1 heterocycles. The van der Waals surface area contributed by atoms with Crippen LogP contribution in [0.2, 0.25) is 5.02 Å². The van der Waals surface area contributed by atoms with Crippen molar-refractivity contribution in [1.29, 1.82) is 0 Å². The van der Waals surface area contributed by atoms with Gasteiger partial charge in [0.15, 0.2) is 0 Å². The fourth-order valence-corrected chi connectivity index (χ4v) is 6.50. The first-order valence-corrected chi connectivity index (χ1v) is 12.0. The van der Waals surface area contributed by atoms with E-state index in [0.717, 1.165) is 6.42 Å². The Bertz CT molecular complexity index is 1300. The van der Waals surface area contributed by atoms with Crippen LogP contribution in [0.1, 0.15) is 22.3 Å². The molecule has 178 valence electrons. The van der Waals surface area contributed by atoms with Crippen molar-refractivity contribution in [2.45, 2.75) is 13.3 Å². The topological polar surface area (TPSA) is 101 Å². The molecule has 0 radical (unpaired) electrons. The number of hydrogen-bond donors (Lipinski definition) is 0. The van der Waals surface area contributed by atoms with Gasteiger partial charge in [-0.05, 0) is 60.8 Å². The molecule has 35 heavy (non-hydrogen) atoms. The number of likely N-dealkylation sites (tertiary alicyclic amines) is 1. The summed E-state index contributed by atoms with van der Waals surface area (Å²) in [5.41, 5.74) is 1.01. The van der Waals surface area contributed by atoms with Gasteiger partial charge in [-0.2, -0.15) is 0 Å². The second-order valence-corrected chi connectivity index (χ2v) is 10.3. The maximum absolute atomic E-state index is 13.7. The molecule has 2 saturated carbocycles. The van der Waals surface area contributed by atoms with Crippen LogP contribution in [0.5, 0.6) is 0 Å².